The Balaban J connectivity index is 1.73. The normalized spacial score (nSPS) is 17.4. The van der Waals surface area contributed by atoms with E-state index in [1.807, 2.05) is 0 Å². The van der Waals surface area contributed by atoms with Gasteiger partial charge in [0.25, 0.3) is 11.6 Å². The van der Waals surface area contributed by atoms with Gasteiger partial charge in [0.05, 0.1) is 28.5 Å². The molecule has 1 aliphatic rings. The van der Waals surface area contributed by atoms with Gasteiger partial charge in [0.1, 0.15) is 5.75 Å². The molecule has 1 aliphatic heterocycles. The summed E-state index contributed by atoms with van der Waals surface area (Å²) in [6.45, 7) is 0.129. The minimum atomic E-state index is -2.33. The number of methoxy groups -OCH3 is 1. The maximum atomic E-state index is 13.4. The van der Waals surface area contributed by atoms with Crippen LogP contribution in [0.3, 0.4) is 0 Å². The Labute approximate surface area is 194 Å². The molecule has 0 saturated carbocycles. The van der Waals surface area contributed by atoms with Crippen LogP contribution in [0, 0.1) is 0 Å². The van der Waals surface area contributed by atoms with Gasteiger partial charge in [-0.2, -0.15) is 0 Å². The number of nitrogens with zero attached hydrogens (tertiary/aromatic N) is 1. The summed E-state index contributed by atoms with van der Waals surface area (Å²) in [6.07, 6.45) is 0. The molecule has 164 valence electrons. The number of anilines is 2. The van der Waals surface area contributed by atoms with Crippen molar-refractivity contribution in [2.45, 2.75) is 12.3 Å². The molecule has 0 fully saturated rings. The van der Waals surface area contributed by atoms with Gasteiger partial charge in [-0.3, -0.25) is 9.69 Å². The van der Waals surface area contributed by atoms with Crippen LogP contribution in [0.5, 0.6) is 5.75 Å². The zero-order chi connectivity index (χ0) is 22.9. The third-order valence-corrected chi connectivity index (χ3v) is 5.90. The molecule has 0 saturated heterocycles. The summed E-state index contributed by atoms with van der Waals surface area (Å²) in [4.78, 5) is 27.4. The molecule has 1 atom stereocenters. The first-order valence-corrected chi connectivity index (χ1v) is 10.4. The SMILES string of the molecule is COc1ccc(CNC(=O)[C@@]2(O)c3ccccc3NC(=O)N2c2ccc(Cl)c(Cl)c2)cc1. The highest BCUT2D eigenvalue weighted by Crippen LogP contribution is 2.41. The van der Waals surface area contributed by atoms with Gasteiger partial charge in [-0.05, 0) is 42.0 Å². The number of nitrogens with one attached hydrogen (secondary N) is 2. The molecule has 0 unspecified atom stereocenters. The Morgan fingerprint density at radius 3 is 2.50 bits per heavy atom. The van der Waals surface area contributed by atoms with Gasteiger partial charge in [-0.15, -0.1) is 0 Å². The van der Waals surface area contributed by atoms with Crippen LogP contribution < -0.4 is 20.3 Å². The average Bonchev–Trinajstić information content (AvgIpc) is 2.80. The van der Waals surface area contributed by atoms with Gasteiger partial charge in [-0.25, -0.2) is 4.79 Å². The molecule has 9 heteroatoms. The molecule has 32 heavy (non-hydrogen) atoms. The number of amides is 3. The van der Waals surface area contributed by atoms with Crippen LogP contribution in [0.4, 0.5) is 16.2 Å². The predicted octanol–water partition coefficient (Wildman–Crippen LogP) is 4.52. The molecule has 0 aromatic heterocycles. The van der Waals surface area contributed by atoms with Gasteiger partial charge < -0.3 is 20.5 Å². The maximum absolute atomic E-state index is 13.4. The number of halogens is 2. The largest absolute Gasteiger partial charge is 0.497 e. The second-order valence-corrected chi connectivity index (χ2v) is 7.93. The van der Waals surface area contributed by atoms with E-state index < -0.39 is 17.7 Å². The Kier molecular flexibility index (Phi) is 5.97. The summed E-state index contributed by atoms with van der Waals surface area (Å²) in [6, 6.07) is 17.4. The van der Waals surface area contributed by atoms with Crippen LogP contribution >= 0.6 is 23.2 Å². The summed E-state index contributed by atoms with van der Waals surface area (Å²) >= 11 is 12.1. The Morgan fingerprint density at radius 2 is 1.81 bits per heavy atom. The van der Waals surface area contributed by atoms with E-state index in [-0.39, 0.29) is 27.8 Å². The number of benzene rings is 3. The summed E-state index contributed by atoms with van der Waals surface area (Å²) in [5.74, 6) is -0.0935. The topological polar surface area (TPSA) is 90.9 Å². The zero-order valence-corrected chi connectivity index (χ0v) is 18.4. The number of carbonyl (C=O) groups is 2. The van der Waals surface area contributed by atoms with Crippen molar-refractivity contribution < 1.29 is 19.4 Å². The lowest BCUT2D eigenvalue weighted by molar-refractivity contribution is -0.140. The van der Waals surface area contributed by atoms with Crippen molar-refractivity contribution >= 4 is 46.5 Å². The highest BCUT2D eigenvalue weighted by atomic mass is 35.5. The van der Waals surface area contributed by atoms with E-state index in [0.717, 1.165) is 10.5 Å². The molecule has 0 spiro atoms. The van der Waals surface area contributed by atoms with Crippen LogP contribution in [0.1, 0.15) is 11.1 Å². The van der Waals surface area contributed by atoms with E-state index in [1.54, 1.807) is 55.6 Å². The van der Waals surface area contributed by atoms with E-state index in [1.165, 1.54) is 18.2 Å². The fraction of sp³-hybridized carbons (Fsp3) is 0.130. The van der Waals surface area contributed by atoms with Crippen LogP contribution in [0.25, 0.3) is 0 Å². The van der Waals surface area contributed by atoms with Crippen LogP contribution in [-0.2, 0) is 17.1 Å². The monoisotopic (exact) mass is 471 g/mol. The number of rotatable bonds is 5. The van der Waals surface area contributed by atoms with Gasteiger partial charge in [-0.1, -0.05) is 53.5 Å². The minimum Gasteiger partial charge on any atom is -0.497 e. The number of hydrogen-bond acceptors (Lipinski definition) is 4. The standard InChI is InChI=1S/C23H19Cl2N3O4/c1-32-16-9-6-14(7-10-16)13-26-21(29)23(31)17-4-2-3-5-20(17)27-22(30)28(23)15-8-11-18(24)19(25)12-15/h2-12,31H,13H2,1H3,(H,26,29)(H,27,30)/t23-/m0/s1. The molecule has 3 aromatic rings. The lowest BCUT2D eigenvalue weighted by atomic mass is 9.94. The summed E-state index contributed by atoms with van der Waals surface area (Å²) < 4.78 is 5.14. The number of urea groups is 1. The van der Waals surface area contributed by atoms with E-state index in [9.17, 15) is 14.7 Å². The maximum Gasteiger partial charge on any atom is 0.329 e. The van der Waals surface area contributed by atoms with Crippen molar-refractivity contribution in [1.82, 2.24) is 5.32 Å². The van der Waals surface area contributed by atoms with Crippen molar-refractivity contribution in [1.29, 1.82) is 0 Å². The summed E-state index contributed by atoms with van der Waals surface area (Å²) in [5.41, 5.74) is -0.789. The third-order valence-electron chi connectivity index (χ3n) is 5.16. The van der Waals surface area contributed by atoms with Gasteiger partial charge in [0.15, 0.2) is 0 Å². The quantitative estimate of drug-likeness (QED) is 0.510. The second kappa shape index (κ2) is 8.70. The molecular weight excluding hydrogens is 453 g/mol. The molecule has 0 bridgehead atoms. The van der Waals surface area contributed by atoms with Crippen molar-refractivity contribution in [3.63, 3.8) is 0 Å². The number of para-hydroxylation sites is 1. The van der Waals surface area contributed by atoms with E-state index >= 15 is 0 Å². The Bertz CT molecular complexity index is 1190. The Morgan fingerprint density at radius 1 is 1.09 bits per heavy atom. The molecule has 0 radical (unpaired) electrons. The van der Waals surface area contributed by atoms with Gasteiger partial charge >= 0.3 is 6.03 Å². The first-order valence-electron chi connectivity index (χ1n) is 9.64. The van der Waals surface area contributed by atoms with Gasteiger partial charge in [0.2, 0.25) is 0 Å². The second-order valence-electron chi connectivity index (χ2n) is 7.11. The minimum absolute atomic E-state index is 0.129. The van der Waals surface area contributed by atoms with Crippen molar-refractivity contribution in [2.75, 3.05) is 17.3 Å². The fourth-order valence-electron chi connectivity index (χ4n) is 3.54. The van der Waals surface area contributed by atoms with Crippen LogP contribution in [-0.4, -0.2) is 24.2 Å². The molecule has 4 rings (SSSR count). The zero-order valence-electron chi connectivity index (χ0n) is 16.9. The third kappa shape index (κ3) is 3.86. The van der Waals surface area contributed by atoms with Crippen molar-refractivity contribution in [2.24, 2.45) is 0 Å². The van der Waals surface area contributed by atoms with Crippen LogP contribution in [0.2, 0.25) is 10.0 Å². The fourth-order valence-corrected chi connectivity index (χ4v) is 3.83. The number of carbonyl (C=O) groups excluding carboxylic acids is 2. The van der Waals surface area contributed by atoms with E-state index in [0.29, 0.717) is 11.4 Å². The van der Waals surface area contributed by atoms with Gasteiger partial charge in [0, 0.05) is 12.1 Å². The molecule has 3 N–H and O–H groups in total. The van der Waals surface area contributed by atoms with Crippen molar-refractivity contribution in [3.8, 4) is 5.75 Å². The molecule has 7 nitrogen and oxygen atoms in total. The molecule has 3 aromatic carbocycles. The summed E-state index contributed by atoms with van der Waals surface area (Å²) in [7, 11) is 1.56. The number of fused-ring (bicyclic) bond motifs is 1. The lowest BCUT2D eigenvalue weighted by Gasteiger charge is -2.42. The average molecular weight is 472 g/mol. The molecule has 1 heterocycles. The molecule has 3 amide bonds. The summed E-state index contributed by atoms with van der Waals surface area (Å²) in [5, 5.41) is 17.6. The molecular formula is C23H19Cl2N3O4. The predicted molar refractivity (Wildman–Crippen MR) is 123 cm³/mol. The van der Waals surface area contributed by atoms with E-state index in [4.69, 9.17) is 27.9 Å². The van der Waals surface area contributed by atoms with Crippen LogP contribution in [0.15, 0.2) is 66.7 Å². The highest BCUT2D eigenvalue weighted by molar-refractivity contribution is 6.42. The lowest BCUT2D eigenvalue weighted by Crippen LogP contribution is -2.62. The molecule has 0 aliphatic carbocycles. The smallest absolute Gasteiger partial charge is 0.329 e. The van der Waals surface area contributed by atoms with Crippen molar-refractivity contribution in [3.05, 3.63) is 87.9 Å². The first-order chi connectivity index (χ1) is 15.3. The Hall–Kier alpha value is -3.26. The number of ether oxygens (including phenoxy) is 1. The first kappa shape index (κ1) is 22.0. The number of hydrogen-bond donors (Lipinski definition) is 3. The highest BCUT2D eigenvalue weighted by Gasteiger charge is 2.51. The number of aliphatic hydroxyl groups is 1. The van der Waals surface area contributed by atoms with E-state index in [2.05, 4.69) is 10.6 Å².